The molecule has 0 bridgehead atoms. The summed E-state index contributed by atoms with van der Waals surface area (Å²) in [6.45, 7) is 10.6. The molecule has 3 rings (SSSR count). The number of aliphatic hydroxyl groups excluding tert-OH is 1. The smallest absolute Gasteiger partial charge is 0.232 e. The first-order valence-corrected chi connectivity index (χ1v) is 8.67. The van der Waals surface area contributed by atoms with Gasteiger partial charge in [0, 0.05) is 44.9 Å². The predicted octanol–water partition coefficient (Wildman–Crippen LogP) is 0.237. The maximum atomic E-state index is 9.04. The van der Waals surface area contributed by atoms with Gasteiger partial charge in [-0.15, -0.1) is 0 Å². The Morgan fingerprint density at radius 2 is 2.04 bits per heavy atom. The molecule has 7 nitrogen and oxygen atoms in total. The molecule has 1 fully saturated rings. The number of aromatic nitrogens is 3. The largest absolute Gasteiger partial charge is 0.396 e. The van der Waals surface area contributed by atoms with E-state index in [-0.39, 0.29) is 6.61 Å². The number of ether oxygens (including phenoxy) is 1. The minimum Gasteiger partial charge on any atom is -0.396 e. The van der Waals surface area contributed by atoms with Crippen molar-refractivity contribution in [2.75, 3.05) is 45.2 Å². The molecule has 1 aliphatic heterocycles. The lowest BCUT2D eigenvalue weighted by atomic mass is 10.2. The normalized spacial score (nSPS) is 16.1. The van der Waals surface area contributed by atoms with Gasteiger partial charge in [0.05, 0.1) is 19.8 Å². The van der Waals surface area contributed by atoms with Crippen molar-refractivity contribution in [1.82, 2.24) is 14.5 Å². The maximum absolute atomic E-state index is 9.04. The number of nitrogens with zero attached hydrogens (tertiary/aromatic N) is 4. The molecule has 0 atom stereocenters. The van der Waals surface area contributed by atoms with Crippen LogP contribution in [0.4, 0.5) is 5.82 Å². The Bertz CT molecular complexity index is 707. The molecule has 3 heterocycles. The zero-order chi connectivity index (χ0) is 17.1. The van der Waals surface area contributed by atoms with E-state index in [1.54, 1.807) is 6.33 Å². The quantitative estimate of drug-likeness (QED) is 0.740. The fourth-order valence-corrected chi connectivity index (χ4v) is 3.37. The second kappa shape index (κ2) is 7.46. The maximum Gasteiger partial charge on any atom is 0.232 e. The van der Waals surface area contributed by atoms with Crippen LogP contribution in [0.2, 0.25) is 0 Å². The average Bonchev–Trinajstić information content (AvgIpc) is 2.85. The Morgan fingerprint density at radius 1 is 1.29 bits per heavy atom. The first-order chi connectivity index (χ1) is 11.6. The summed E-state index contributed by atoms with van der Waals surface area (Å²) >= 11 is 0. The highest BCUT2D eigenvalue weighted by Gasteiger charge is 2.21. The first kappa shape index (κ1) is 17.1. The van der Waals surface area contributed by atoms with Gasteiger partial charge >= 0.3 is 0 Å². The Kier molecular flexibility index (Phi) is 5.33. The van der Waals surface area contributed by atoms with Gasteiger partial charge in [-0.2, -0.15) is 0 Å². The number of nitrogen functional groups attached to an aromatic ring is 1. The molecule has 1 saturated heterocycles. The Morgan fingerprint density at radius 3 is 2.75 bits per heavy atom. The molecule has 0 aromatic carbocycles. The van der Waals surface area contributed by atoms with E-state index in [4.69, 9.17) is 15.6 Å². The number of morpholine rings is 1. The SMILES string of the molecule is Cc1c(C)n(CCN2CCOCC2)c2nc[n+](CCCO)c(N)c12. The van der Waals surface area contributed by atoms with E-state index >= 15 is 0 Å². The highest BCUT2D eigenvalue weighted by Crippen LogP contribution is 2.26. The first-order valence-electron chi connectivity index (χ1n) is 8.67. The molecule has 0 amide bonds. The number of nitrogens with two attached hydrogens (primary N) is 1. The van der Waals surface area contributed by atoms with E-state index in [1.807, 2.05) is 4.57 Å². The molecule has 2 aromatic rings. The lowest BCUT2D eigenvalue weighted by Crippen LogP contribution is -2.39. The lowest BCUT2D eigenvalue weighted by Gasteiger charge is -2.26. The Balaban J connectivity index is 1.87. The second-order valence-corrected chi connectivity index (χ2v) is 6.42. The van der Waals surface area contributed by atoms with Crippen LogP contribution in [0.1, 0.15) is 17.7 Å². The molecule has 7 heteroatoms. The Hall–Kier alpha value is -1.70. The van der Waals surface area contributed by atoms with Crippen LogP contribution in [0.5, 0.6) is 0 Å². The van der Waals surface area contributed by atoms with Crippen LogP contribution in [0.15, 0.2) is 6.33 Å². The fourth-order valence-electron chi connectivity index (χ4n) is 3.37. The van der Waals surface area contributed by atoms with Crippen molar-refractivity contribution in [2.24, 2.45) is 0 Å². The summed E-state index contributed by atoms with van der Waals surface area (Å²) < 4.78 is 9.61. The molecule has 2 aromatic heterocycles. The molecular weight excluding hydrogens is 306 g/mol. The van der Waals surface area contributed by atoms with Gasteiger partial charge in [-0.3, -0.25) is 4.90 Å². The van der Waals surface area contributed by atoms with E-state index in [0.29, 0.717) is 13.0 Å². The topological polar surface area (TPSA) is 80.4 Å². The van der Waals surface area contributed by atoms with Gasteiger partial charge in [0.1, 0.15) is 5.39 Å². The van der Waals surface area contributed by atoms with Crippen LogP contribution in [-0.4, -0.2) is 59.0 Å². The van der Waals surface area contributed by atoms with Gasteiger partial charge in [-0.05, 0) is 19.4 Å². The zero-order valence-corrected chi connectivity index (χ0v) is 14.7. The summed E-state index contributed by atoms with van der Waals surface area (Å²) in [6.07, 6.45) is 2.47. The molecule has 0 radical (unpaired) electrons. The molecule has 0 saturated carbocycles. The predicted molar refractivity (Wildman–Crippen MR) is 92.8 cm³/mol. The van der Waals surface area contributed by atoms with Gasteiger partial charge in [0.2, 0.25) is 17.8 Å². The number of anilines is 1. The highest BCUT2D eigenvalue weighted by molar-refractivity contribution is 5.89. The second-order valence-electron chi connectivity index (χ2n) is 6.42. The van der Waals surface area contributed by atoms with Gasteiger partial charge in [-0.25, -0.2) is 4.57 Å². The van der Waals surface area contributed by atoms with Crippen LogP contribution in [-0.2, 0) is 17.8 Å². The van der Waals surface area contributed by atoms with Crippen molar-refractivity contribution in [3.05, 3.63) is 17.6 Å². The summed E-state index contributed by atoms with van der Waals surface area (Å²) in [6, 6.07) is 0. The van der Waals surface area contributed by atoms with E-state index < -0.39 is 0 Å². The van der Waals surface area contributed by atoms with Crippen LogP contribution >= 0.6 is 0 Å². The van der Waals surface area contributed by atoms with Gasteiger partial charge in [0.25, 0.3) is 0 Å². The van der Waals surface area contributed by atoms with Crippen molar-refractivity contribution in [3.63, 3.8) is 0 Å². The molecule has 1 aliphatic rings. The Labute approximate surface area is 142 Å². The van der Waals surface area contributed by atoms with Crippen LogP contribution in [0.25, 0.3) is 11.0 Å². The zero-order valence-electron chi connectivity index (χ0n) is 14.7. The molecule has 3 N–H and O–H groups in total. The summed E-state index contributed by atoms with van der Waals surface area (Å²) in [7, 11) is 0. The van der Waals surface area contributed by atoms with Crippen molar-refractivity contribution in [2.45, 2.75) is 33.4 Å². The van der Waals surface area contributed by atoms with E-state index in [1.165, 1.54) is 11.3 Å². The van der Waals surface area contributed by atoms with Gasteiger partial charge < -0.3 is 20.1 Å². The average molecular weight is 334 g/mol. The molecule has 0 unspecified atom stereocenters. The molecule has 0 spiro atoms. The minimum atomic E-state index is 0.156. The molecule has 24 heavy (non-hydrogen) atoms. The third kappa shape index (κ3) is 3.24. The van der Waals surface area contributed by atoms with Crippen molar-refractivity contribution in [3.8, 4) is 0 Å². The van der Waals surface area contributed by atoms with Crippen molar-refractivity contribution < 1.29 is 14.4 Å². The third-order valence-electron chi connectivity index (χ3n) is 4.99. The monoisotopic (exact) mass is 334 g/mol. The van der Waals surface area contributed by atoms with Gasteiger partial charge in [0.15, 0.2) is 0 Å². The summed E-state index contributed by atoms with van der Waals surface area (Å²) in [5, 5.41) is 10.1. The molecule has 132 valence electrons. The minimum absolute atomic E-state index is 0.156. The molecule has 0 aliphatic carbocycles. The fraction of sp³-hybridized carbons (Fsp3) is 0.647. The summed E-state index contributed by atoms with van der Waals surface area (Å²) in [5.74, 6) is 0.735. The van der Waals surface area contributed by atoms with E-state index in [2.05, 4.69) is 28.3 Å². The van der Waals surface area contributed by atoms with Crippen LogP contribution in [0, 0.1) is 13.8 Å². The lowest BCUT2D eigenvalue weighted by molar-refractivity contribution is -0.685. The number of aliphatic hydroxyl groups is 1. The van der Waals surface area contributed by atoms with Crippen LogP contribution < -0.4 is 10.3 Å². The highest BCUT2D eigenvalue weighted by atomic mass is 16.5. The van der Waals surface area contributed by atoms with Crippen molar-refractivity contribution >= 4 is 16.9 Å². The number of hydrogen-bond donors (Lipinski definition) is 2. The third-order valence-corrected chi connectivity index (χ3v) is 4.99. The van der Waals surface area contributed by atoms with E-state index in [9.17, 15) is 0 Å². The summed E-state index contributed by atoms with van der Waals surface area (Å²) in [5.41, 5.74) is 9.75. The summed E-state index contributed by atoms with van der Waals surface area (Å²) in [4.78, 5) is 7.09. The van der Waals surface area contributed by atoms with Crippen molar-refractivity contribution in [1.29, 1.82) is 0 Å². The van der Waals surface area contributed by atoms with E-state index in [0.717, 1.165) is 56.2 Å². The number of hydrogen-bond acceptors (Lipinski definition) is 5. The number of rotatable bonds is 6. The number of fused-ring (bicyclic) bond motifs is 1. The standard InChI is InChI=1S/C17H27N5O2/c1-13-14(2)22(6-5-20-7-10-24-11-8-20)17-15(13)16(18)21(12-19-17)4-3-9-23/h12,18,23H,3-11H2,1-2H3/p+1. The van der Waals surface area contributed by atoms with Gasteiger partial charge in [-0.1, -0.05) is 4.98 Å². The van der Waals surface area contributed by atoms with Crippen LogP contribution in [0.3, 0.4) is 0 Å². The number of aryl methyl sites for hydroxylation is 2. The molecular formula is C17H28N5O2+.